The van der Waals surface area contributed by atoms with E-state index in [9.17, 15) is 9.59 Å². The van der Waals surface area contributed by atoms with Crippen LogP contribution in [0.5, 0.6) is 0 Å². The van der Waals surface area contributed by atoms with E-state index in [0.717, 1.165) is 11.3 Å². The van der Waals surface area contributed by atoms with E-state index >= 15 is 0 Å². The smallest absolute Gasteiger partial charge is 0.257 e. The minimum absolute atomic E-state index is 0.212. The normalized spacial score (nSPS) is 10.3. The zero-order chi connectivity index (χ0) is 13.1. The van der Waals surface area contributed by atoms with Crippen LogP contribution in [-0.2, 0) is 6.42 Å². The van der Waals surface area contributed by atoms with Gasteiger partial charge >= 0.3 is 0 Å². The van der Waals surface area contributed by atoms with Crippen LogP contribution in [0.3, 0.4) is 0 Å². The molecule has 0 aromatic carbocycles. The second kappa shape index (κ2) is 5.32. The molecule has 0 saturated heterocycles. The average Bonchev–Trinajstić information content (AvgIpc) is 2.96. The number of amides is 2. The van der Waals surface area contributed by atoms with E-state index < -0.39 is 5.91 Å². The number of hydrogen-bond acceptors (Lipinski definition) is 4. The van der Waals surface area contributed by atoms with Crippen molar-refractivity contribution in [2.75, 3.05) is 5.32 Å². The van der Waals surface area contributed by atoms with Gasteiger partial charge in [0.25, 0.3) is 11.8 Å². The van der Waals surface area contributed by atoms with Crippen molar-refractivity contribution in [3.8, 4) is 0 Å². The lowest BCUT2D eigenvalue weighted by molar-refractivity contribution is 0.100. The van der Waals surface area contributed by atoms with Crippen LogP contribution in [0.15, 0.2) is 22.9 Å². The fourth-order valence-electron chi connectivity index (χ4n) is 1.46. The largest absolute Gasteiger partial charge is 0.366 e. The number of nitrogens with two attached hydrogens (primary N) is 1. The third-order valence-electron chi connectivity index (χ3n) is 2.42. The molecule has 0 aliphatic heterocycles. The summed E-state index contributed by atoms with van der Waals surface area (Å²) in [7, 11) is 0. The molecule has 0 unspecified atom stereocenters. The van der Waals surface area contributed by atoms with Crippen molar-refractivity contribution in [3.05, 3.63) is 38.9 Å². The lowest BCUT2D eigenvalue weighted by Gasteiger charge is -2.02. The SMILES string of the molecule is CCc1cc(C(=O)Nc2sccc2C(N)=O)cs1. The summed E-state index contributed by atoms with van der Waals surface area (Å²) in [6.07, 6.45) is 0.906. The lowest BCUT2D eigenvalue weighted by Crippen LogP contribution is -2.16. The molecule has 2 aromatic rings. The number of primary amides is 1. The van der Waals surface area contributed by atoms with E-state index in [2.05, 4.69) is 5.32 Å². The summed E-state index contributed by atoms with van der Waals surface area (Å²) in [6.45, 7) is 2.04. The molecule has 3 N–H and O–H groups in total. The highest BCUT2D eigenvalue weighted by molar-refractivity contribution is 7.14. The van der Waals surface area contributed by atoms with Gasteiger partial charge in [-0.3, -0.25) is 9.59 Å². The van der Waals surface area contributed by atoms with Crippen molar-refractivity contribution in [2.24, 2.45) is 5.73 Å². The molecule has 94 valence electrons. The van der Waals surface area contributed by atoms with Crippen LogP contribution in [0.4, 0.5) is 5.00 Å². The van der Waals surface area contributed by atoms with Gasteiger partial charge in [-0.05, 0) is 23.9 Å². The number of nitrogens with one attached hydrogen (secondary N) is 1. The second-order valence-electron chi connectivity index (χ2n) is 3.64. The van der Waals surface area contributed by atoms with Gasteiger partial charge in [-0.15, -0.1) is 22.7 Å². The molecule has 0 radical (unpaired) electrons. The predicted octanol–water partition coefficient (Wildman–Crippen LogP) is 2.72. The first kappa shape index (κ1) is 12.8. The van der Waals surface area contributed by atoms with E-state index in [1.807, 2.05) is 18.4 Å². The Labute approximate surface area is 112 Å². The van der Waals surface area contributed by atoms with Crippen LogP contribution >= 0.6 is 22.7 Å². The summed E-state index contributed by atoms with van der Waals surface area (Å²) in [5, 5.41) is 6.74. The standard InChI is InChI=1S/C12H12N2O2S2/c1-2-8-5-7(6-18-8)11(16)14-12-9(10(13)15)3-4-17-12/h3-6H,2H2,1H3,(H2,13,15)(H,14,16). The van der Waals surface area contributed by atoms with Crippen LogP contribution in [0.1, 0.15) is 32.5 Å². The summed E-state index contributed by atoms with van der Waals surface area (Å²) in [5.74, 6) is -0.748. The van der Waals surface area contributed by atoms with Crippen molar-refractivity contribution in [1.29, 1.82) is 0 Å². The van der Waals surface area contributed by atoms with Crippen LogP contribution in [0.25, 0.3) is 0 Å². The van der Waals surface area contributed by atoms with Crippen molar-refractivity contribution in [3.63, 3.8) is 0 Å². The first-order valence-corrected chi connectivity index (χ1v) is 7.13. The highest BCUT2D eigenvalue weighted by Crippen LogP contribution is 2.24. The van der Waals surface area contributed by atoms with E-state index in [1.165, 1.54) is 11.3 Å². The Morgan fingerprint density at radius 2 is 2.17 bits per heavy atom. The van der Waals surface area contributed by atoms with Crippen LogP contribution in [-0.4, -0.2) is 11.8 Å². The Morgan fingerprint density at radius 1 is 1.39 bits per heavy atom. The van der Waals surface area contributed by atoms with Gasteiger partial charge in [-0.1, -0.05) is 6.92 Å². The number of hydrogen-bond donors (Lipinski definition) is 2. The first-order chi connectivity index (χ1) is 8.61. The molecule has 0 fully saturated rings. The molecule has 2 aromatic heterocycles. The topological polar surface area (TPSA) is 72.2 Å². The van der Waals surface area contributed by atoms with E-state index in [-0.39, 0.29) is 5.91 Å². The molecule has 4 nitrogen and oxygen atoms in total. The molecular weight excluding hydrogens is 268 g/mol. The second-order valence-corrected chi connectivity index (χ2v) is 5.55. The van der Waals surface area contributed by atoms with Gasteiger partial charge in [0.2, 0.25) is 0 Å². The zero-order valence-electron chi connectivity index (χ0n) is 9.73. The number of thiophene rings is 2. The summed E-state index contributed by atoms with van der Waals surface area (Å²) in [4.78, 5) is 24.3. The quantitative estimate of drug-likeness (QED) is 0.903. The Balaban J connectivity index is 2.16. The third-order valence-corrected chi connectivity index (χ3v) is 4.33. The fourth-order valence-corrected chi connectivity index (χ4v) is 3.06. The minimum Gasteiger partial charge on any atom is -0.366 e. The Kier molecular flexibility index (Phi) is 3.78. The summed E-state index contributed by atoms with van der Waals surface area (Å²) < 4.78 is 0. The lowest BCUT2D eigenvalue weighted by atomic mass is 10.2. The van der Waals surface area contributed by atoms with Gasteiger partial charge in [0.15, 0.2) is 0 Å². The number of carbonyl (C=O) groups excluding carboxylic acids is 2. The van der Waals surface area contributed by atoms with E-state index in [1.54, 1.807) is 22.8 Å². The molecule has 2 heterocycles. The monoisotopic (exact) mass is 280 g/mol. The van der Waals surface area contributed by atoms with Gasteiger partial charge in [-0.2, -0.15) is 0 Å². The van der Waals surface area contributed by atoms with Crippen molar-refractivity contribution in [1.82, 2.24) is 0 Å². The number of carbonyl (C=O) groups is 2. The zero-order valence-corrected chi connectivity index (χ0v) is 11.4. The van der Waals surface area contributed by atoms with Crippen molar-refractivity contribution < 1.29 is 9.59 Å². The maximum Gasteiger partial charge on any atom is 0.257 e. The highest BCUT2D eigenvalue weighted by atomic mass is 32.1. The van der Waals surface area contributed by atoms with E-state index in [0.29, 0.717) is 16.1 Å². The molecule has 18 heavy (non-hydrogen) atoms. The molecule has 0 aliphatic rings. The van der Waals surface area contributed by atoms with E-state index in [4.69, 9.17) is 5.73 Å². The summed E-state index contributed by atoms with van der Waals surface area (Å²) >= 11 is 2.84. The number of rotatable bonds is 4. The first-order valence-electron chi connectivity index (χ1n) is 5.38. The van der Waals surface area contributed by atoms with Gasteiger partial charge < -0.3 is 11.1 Å². The minimum atomic E-state index is -0.536. The average molecular weight is 280 g/mol. The molecular formula is C12H12N2O2S2. The summed E-state index contributed by atoms with van der Waals surface area (Å²) in [6, 6.07) is 3.46. The molecule has 0 saturated carbocycles. The molecule has 2 amide bonds. The van der Waals surface area contributed by atoms with Crippen LogP contribution < -0.4 is 11.1 Å². The third kappa shape index (κ3) is 2.60. The van der Waals surface area contributed by atoms with Crippen molar-refractivity contribution >= 4 is 39.5 Å². The van der Waals surface area contributed by atoms with Crippen molar-refractivity contribution in [2.45, 2.75) is 13.3 Å². The molecule has 0 atom stereocenters. The number of anilines is 1. The van der Waals surface area contributed by atoms with Gasteiger partial charge in [0.05, 0.1) is 11.1 Å². The fraction of sp³-hybridized carbons (Fsp3) is 0.167. The predicted molar refractivity (Wildman–Crippen MR) is 74.5 cm³/mol. The molecule has 0 bridgehead atoms. The maximum atomic E-state index is 12.0. The van der Waals surface area contributed by atoms with Gasteiger partial charge in [-0.25, -0.2) is 0 Å². The highest BCUT2D eigenvalue weighted by Gasteiger charge is 2.14. The van der Waals surface area contributed by atoms with Gasteiger partial charge in [0.1, 0.15) is 5.00 Å². The Bertz CT molecular complexity index is 586. The Hall–Kier alpha value is -1.66. The molecule has 0 spiro atoms. The molecule has 2 rings (SSSR count). The van der Waals surface area contributed by atoms with Crippen LogP contribution in [0, 0.1) is 0 Å². The summed E-state index contributed by atoms with van der Waals surface area (Å²) in [5.41, 5.74) is 6.18. The molecule has 0 aliphatic carbocycles. The van der Waals surface area contributed by atoms with Gasteiger partial charge in [0, 0.05) is 10.3 Å². The molecule has 6 heteroatoms. The number of aryl methyl sites for hydroxylation is 1. The maximum absolute atomic E-state index is 12.0. The Morgan fingerprint density at radius 3 is 2.78 bits per heavy atom. The van der Waals surface area contributed by atoms with Crippen LogP contribution in [0.2, 0.25) is 0 Å².